The van der Waals surface area contributed by atoms with Crippen LogP contribution < -0.4 is 10.6 Å². The van der Waals surface area contributed by atoms with Gasteiger partial charge in [-0.05, 0) is 26.2 Å². The van der Waals surface area contributed by atoms with Crippen LogP contribution in [0, 0.1) is 0 Å². The van der Waals surface area contributed by atoms with E-state index < -0.39 is 22.7 Å². The Balaban J connectivity index is 1.98. The average Bonchev–Trinajstić information content (AvgIpc) is 3.09. The number of aromatic nitrogens is 1. The van der Waals surface area contributed by atoms with Gasteiger partial charge in [0.1, 0.15) is 5.01 Å². The van der Waals surface area contributed by atoms with Crippen molar-refractivity contribution < 1.29 is 17.4 Å². The summed E-state index contributed by atoms with van der Waals surface area (Å²) in [5.41, 5.74) is -0.872. The zero-order valence-electron chi connectivity index (χ0n) is 14.9. The third-order valence-corrected chi connectivity index (χ3v) is 6.76. The lowest BCUT2D eigenvalue weighted by molar-refractivity contribution is -0.140. The Labute approximate surface area is 158 Å². The molecule has 10 heteroatoms. The molecule has 1 aliphatic carbocycles. The topological polar surface area (TPSA) is 66.4 Å². The van der Waals surface area contributed by atoms with E-state index in [9.17, 15) is 17.4 Å². The minimum absolute atomic E-state index is 0.0904. The highest BCUT2D eigenvalue weighted by Crippen LogP contribution is 2.30. The maximum atomic E-state index is 12.6. The zero-order valence-corrected chi connectivity index (χ0v) is 16.6. The number of guanidine groups is 1. The first-order chi connectivity index (χ1) is 12.3. The van der Waals surface area contributed by atoms with Crippen molar-refractivity contribution in [2.45, 2.75) is 63.5 Å². The summed E-state index contributed by atoms with van der Waals surface area (Å²) >= 11 is 0.956. The van der Waals surface area contributed by atoms with Gasteiger partial charge in [-0.15, -0.1) is 11.3 Å². The summed E-state index contributed by atoms with van der Waals surface area (Å²) in [5, 5.41) is 7.98. The summed E-state index contributed by atoms with van der Waals surface area (Å²) < 4.78 is 49.9. The fourth-order valence-electron chi connectivity index (χ4n) is 2.92. The van der Waals surface area contributed by atoms with Crippen molar-refractivity contribution in [1.82, 2.24) is 15.6 Å². The highest BCUT2D eigenvalue weighted by Gasteiger charge is 2.33. The van der Waals surface area contributed by atoms with Crippen LogP contribution in [0.4, 0.5) is 13.2 Å². The van der Waals surface area contributed by atoms with Crippen molar-refractivity contribution in [3.8, 4) is 0 Å². The molecule has 5 nitrogen and oxygen atoms in total. The largest absolute Gasteiger partial charge is 0.434 e. The van der Waals surface area contributed by atoms with Gasteiger partial charge in [-0.3, -0.25) is 4.21 Å². The third-order valence-electron chi connectivity index (χ3n) is 4.18. The molecule has 1 saturated carbocycles. The molecule has 0 bridgehead atoms. The van der Waals surface area contributed by atoms with Gasteiger partial charge < -0.3 is 10.6 Å². The molecule has 0 aromatic carbocycles. The Morgan fingerprint density at radius 1 is 1.42 bits per heavy atom. The van der Waals surface area contributed by atoms with Crippen molar-refractivity contribution in [3.63, 3.8) is 0 Å². The van der Waals surface area contributed by atoms with Gasteiger partial charge in [-0.2, -0.15) is 13.2 Å². The molecular formula is C16H25F3N4OS2. The lowest BCUT2D eigenvalue weighted by Gasteiger charge is -2.30. The van der Waals surface area contributed by atoms with Crippen molar-refractivity contribution in [3.05, 3.63) is 16.1 Å². The molecule has 2 rings (SSSR count). The van der Waals surface area contributed by atoms with E-state index >= 15 is 0 Å². The number of nitrogens with zero attached hydrogens (tertiary/aromatic N) is 2. The maximum Gasteiger partial charge on any atom is 0.434 e. The van der Waals surface area contributed by atoms with Gasteiger partial charge in [0.25, 0.3) is 0 Å². The van der Waals surface area contributed by atoms with E-state index in [0.29, 0.717) is 23.3 Å². The molecule has 1 aromatic rings. The van der Waals surface area contributed by atoms with Gasteiger partial charge in [0.05, 0.1) is 6.54 Å². The number of nitrogens with one attached hydrogen (secondary N) is 2. The fourth-order valence-corrected chi connectivity index (χ4v) is 5.00. The van der Waals surface area contributed by atoms with E-state index in [1.807, 2.05) is 13.8 Å². The van der Waals surface area contributed by atoms with E-state index in [4.69, 9.17) is 0 Å². The second-order valence-corrected chi connectivity index (χ2v) is 9.07. The Hall–Kier alpha value is -1.16. The lowest BCUT2D eigenvalue weighted by atomic mass is 9.95. The first-order valence-electron chi connectivity index (χ1n) is 8.77. The van der Waals surface area contributed by atoms with E-state index in [1.165, 1.54) is 0 Å². The minimum Gasteiger partial charge on any atom is -0.357 e. The first-order valence-corrected chi connectivity index (χ1v) is 11.0. The number of thiazole rings is 1. The van der Waals surface area contributed by atoms with E-state index in [2.05, 4.69) is 20.6 Å². The summed E-state index contributed by atoms with van der Waals surface area (Å²) in [4.78, 5) is 7.96. The molecule has 1 fully saturated rings. The van der Waals surface area contributed by atoms with Gasteiger partial charge >= 0.3 is 6.18 Å². The summed E-state index contributed by atoms with van der Waals surface area (Å²) in [6.07, 6.45) is -0.647. The van der Waals surface area contributed by atoms with E-state index in [1.54, 1.807) is 0 Å². The second kappa shape index (κ2) is 9.68. The number of hydrogen-bond donors (Lipinski definition) is 2. The molecule has 0 aliphatic heterocycles. The molecule has 3 unspecified atom stereocenters. The van der Waals surface area contributed by atoms with Crippen molar-refractivity contribution in [1.29, 1.82) is 0 Å². The standard InChI is InChI=1S/C16H25F3N4OS2/c1-3-20-15(21-9-14-23-13(10-25-14)16(17,18)19)22-11-6-5-7-12(8-11)26(24)4-2/h10-12H,3-9H2,1-2H3,(H2,20,21,22). The smallest absolute Gasteiger partial charge is 0.357 e. The van der Waals surface area contributed by atoms with Crippen LogP contribution in [0.3, 0.4) is 0 Å². The Morgan fingerprint density at radius 2 is 2.19 bits per heavy atom. The van der Waals surface area contributed by atoms with Crippen molar-refractivity contribution in [2.24, 2.45) is 4.99 Å². The molecule has 3 atom stereocenters. The molecular weight excluding hydrogens is 385 g/mol. The van der Waals surface area contributed by atoms with Crippen LogP contribution >= 0.6 is 11.3 Å². The molecule has 148 valence electrons. The van der Waals surface area contributed by atoms with Gasteiger partial charge in [-0.25, -0.2) is 9.98 Å². The molecule has 1 aliphatic rings. The van der Waals surface area contributed by atoms with Crippen LogP contribution in [0.15, 0.2) is 10.4 Å². The molecule has 26 heavy (non-hydrogen) atoms. The monoisotopic (exact) mass is 410 g/mol. The quantitative estimate of drug-likeness (QED) is 0.558. The summed E-state index contributed by atoms with van der Waals surface area (Å²) in [5.74, 6) is 1.22. The summed E-state index contributed by atoms with van der Waals surface area (Å²) in [6, 6.07) is 0.170. The predicted octanol–water partition coefficient (Wildman–Crippen LogP) is 3.30. The maximum absolute atomic E-state index is 12.6. The lowest BCUT2D eigenvalue weighted by Crippen LogP contribution is -2.46. The van der Waals surface area contributed by atoms with Crippen LogP contribution in [0.2, 0.25) is 0 Å². The number of halogens is 3. The second-order valence-electron chi connectivity index (χ2n) is 6.12. The SMILES string of the molecule is CCNC(=NCc1nc(C(F)(F)F)cs1)NC1CCCC(S(=O)CC)C1. The third kappa shape index (κ3) is 6.22. The van der Waals surface area contributed by atoms with Gasteiger partial charge in [0.2, 0.25) is 0 Å². The first kappa shape index (κ1) is 21.1. The van der Waals surface area contributed by atoms with Gasteiger partial charge in [0.15, 0.2) is 11.7 Å². The number of rotatable bonds is 6. The van der Waals surface area contributed by atoms with E-state index in [-0.39, 0.29) is 17.8 Å². The normalized spacial score (nSPS) is 22.9. The Bertz CT molecular complexity index is 633. The van der Waals surface area contributed by atoms with Crippen LogP contribution in [0.25, 0.3) is 0 Å². The van der Waals surface area contributed by atoms with Crippen LogP contribution in [0.1, 0.15) is 50.2 Å². The highest BCUT2D eigenvalue weighted by atomic mass is 32.2. The molecule has 0 spiro atoms. The summed E-state index contributed by atoms with van der Waals surface area (Å²) in [6.45, 7) is 4.60. The molecule has 0 saturated heterocycles. The minimum atomic E-state index is -4.42. The number of hydrogen-bond acceptors (Lipinski definition) is 4. The van der Waals surface area contributed by atoms with Gasteiger partial charge in [0, 0.05) is 39.8 Å². The Morgan fingerprint density at radius 3 is 2.81 bits per heavy atom. The summed E-state index contributed by atoms with van der Waals surface area (Å²) in [7, 11) is -0.807. The number of aliphatic imine (C=N–C) groups is 1. The predicted molar refractivity (Wildman–Crippen MR) is 99.8 cm³/mol. The van der Waals surface area contributed by atoms with Crippen molar-refractivity contribution in [2.75, 3.05) is 12.3 Å². The molecule has 1 heterocycles. The van der Waals surface area contributed by atoms with Crippen molar-refractivity contribution >= 4 is 28.1 Å². The average molecular weight is 411 g/mol. The van der Waals surface area contributed by atoms with Crippen LogP contribution in [-0.4, -0.2) is 38.7 Å². The Kier molecular flexibility index (Phi) is 7.87. The van der Waals surface area contributed by atoms with Crippen LogP contribution in [-0.2, 0) is 23.5 Å². The van der Waals surface area contributed by atoms with E-state index in [0.717, 1.165) is 42.4 Å². The molecule has 2 N–H and O–H groups in total. The molecule has 1 aromatic heterocycles. The molecule has 0 amide bonds. The van der Waals surface area contributed by atoms with Gasteiger partial charge in [-0.1, -0.05) is 13.3 Å². The fraction of sp³-hybridized carbons (Fsp3) is 0.750. The zero-order chi connectivity index (χ0) is 19.2. The highest BCUT2D eigenvalue weighted by molar-refractivity contribution is 7.85. The van der Waals surface area contributed by atoms with Crippen LogP contribution in [0.5, 0.6) is 0 Å². The molecule has 0 radical (unpaired) electrons. The number of alkyl halides is 3.